The van der Waals surface area contributed by atoms with E-state index in [1.54, 1.807) is 24.5 Å². The van der Waals surface area contributed by atoms with Crippen LogP contribution in [0.1, 0.15) is 11.1 Å². The minimum atomic E-state index is 0.586. The van der Waals surface area contributed by atoms with Crippen molar-refractivity contribution in [1.29, 1.82) is 5.26 Å². The van der Waals surface area contributed by atoms with Crippen molar-refractivity contribution in [3.05, 3.63) is 41.8 Å². The highest BCUT2D eigenvalue weighted by Gasteiger charge is 2.03. The standard InChI is InChI=1S/C10H6N2O/c11-6-8-1-2-9-7-12-3-4-13-10(9)5-8/h1-5,7H. The quantitative estimate of drug-likeness (QED) is 0.596. The van der Waals surface area contributed by atoms with E-state index in [4.69, 9.17) is 10.00 Å². The molecule has 0 fully saturated rings. The molecule has 0 bridgehead atoms. The first-order chi connectivity index (χ1) is 6.40. The van der Waals surface area contributed by atoms with E-state index in [2.05, 4.69) is 4.99 Å². The van der Waals surface area contributed by atoms with Crippen LogP contribution in [0.15, 0.2) is 35.7 Å². The van der Waals surface area contributed by atoms with Gasteiger partial charge in [-0.3, -0.25) is 4.99 Å². The molecule has 0 saturated heterocycles. The lowest BCUT2D eigenvalue weighted by atomic mass is 10.1. The maximum Gasteiger partial charge on any atom is 0.136 e. The highest BCUT2D eigenvalue weighted by molar-refractivity contribution is 5.84. The van der Waals surface area contributed by atoms with Gasteiger partial charge in [-0.05, 0) is 18.2 Å². The molecule has 13 heavy (non-hydrogen) atoms. The summed E-state index contributed by atoms with van der Waals surface area (Å²) in [6.45, 7) is 0. The summed E-state index contributed by atoms with van der Waals surface area (Å²) in [5, 5.41) is 8.65. The van der Waals surface area contributed by atoms with Crippen LogP contribution in [0.3, 0.4) is 0 Å². The van der Waals surface area contributed by atoms with Crippen LogP contribution >= 0.6 is 0 Å². The molecule has 0 aromatic heterocycles. The normalized spacial score (nSPS) is 12.5. The second-order valence-corrected chi connectivity index (χ2v) is 2.55. The molecule has 0 spiro atoms. The highest BCUT2D eigenvalue weighted by Crippen LogP contribution is 2.20. The molecule has 0 radical (unpaired) electrons. The van der Waals surface area contributed by atoms with Gasteiger partial charge in [0, 0.05) is 11.8 Å². The molecule has 0 amide bonds. The van der Waals surface area contributed by atoms with Gasteiger partial charge in [0.1, 0.15) is 12.0 Å². The van der Waals surface area contributed by atoms with E-state index >= 15 is 0 Å². The molecule has 1 aromatic carbocycles. The zero-order valence-corrected chi connectivity index (χ0v) is 6.77. The third-order valence-electron chi connectivity index (χ3n) is 1.70. The Kier molecular flexibility index (Phi) is 1.81. The van der Waals surface area contributed by atoms with Gasteiger partial charge >= 0.3 is 0 Å². The minimum Gasteiger partial charge on any atom is -0.463 e. The van der Waals surface area contributed by atoms with Crippen LogP contribution in [-0.2, 0) is 0 Å². The average Bonchev–Trinajstić information content (AvgIpc) is 2.41. The predicted octanol–water partition coefficient (Wildman–Crippen LogP) is 1.84. The van der Waals surface area contributed by atoms with E-state index in [-0.39, 0.29) is 0 Å². The third kappa shape index (κ3) is 1.42. The summed E-state index contributed by atoms with van der Waals surface area (Å²) >= 11 is 0. The van der Waals surface area contributed by atoms with Crippen molar-refractivity contribution in [3.8, 4) is 11.8 Å². The molecule has 0 N–H and O–H groups in total. The van der Waals surface area contributed by atoms with Crippen molar-refractivity contribution in [1.82, 2.24) is 0 Å². The Hall–Kier alpha value is -2.08. The Morgan fingerprint density at radius 3 is 3.15 bits per heavy atom. The van der Waals surface area contributed by atoms with Crippen molar-refractivity contribution < 1.29 is 4.74 Å². The van der Waals surface area contributed by atoms with E-state index in [9.17, 15) is 0 Å². The van der Waals surface area contributed by atoms with Gasteiger partial charge in [0.15, 0.2) is 0 Å². The monoisotopic (exact) mass is 170 g/mol. The van der Waals surface area contributed by atoms with E-state index in [1.165, 1.54) is 6.26 Å². The summed E-state index contributed by atoms with van der Waals surface area (Å²) < 4.78 is 5.23. The summed E-state index contributed by atoms with van der Waals surface area (Å²) in [4.78, 5) is 3.95. The lowest BCUT2D eigenvalue weighted by Crippen LogP contribution is -1.88. The van der Waals surface area contributed by atoms with Crippen molar-refractivity contribution in [2.75, 3.05) is 0 Å². The number of nitrogens with zero attached hydrogens (tertiary/aromatic N) is 2. The fraction of sp³-hybridized carbons (Fsp3) is 0. The molecule has 0 aliphatic carbocycles. The van der Waals surface area contributed by atoms with Crippen LogP contribution in [0.5, 0.6) is 5.75 Å². The van der Waals surface area contributed by atoms with Gasteiger partial charge < -0.3 is 4.74 Å². The highest BCUT2D eigenvalue weighted by atomic mass is 16.5. The fourth-order valence-corrected chi connectivity index (χ4v) is 1.07. The molecule has 0 atom stereocenters. The van der Waals surface area contributed by atoms with Gasteiger partial charge in [-0.2, -0.15) is 5.26 Å². The number of fused-ring (bicyclic) bond motifs is 1. The van der Waals surface area contributed by atoms with Crippen molar-refractivity contribution >= 4 is 6.21 Å². The van der Waals surface area contributed by atoms with Gasteiger partial charge in [-0.1, -0.05) is 0 Å². The molecule has 1 aliphatic heterocycles. The second kappa shape index (κ2) is 3.11. The van der Waals surface area contributed by atoms with Crippen LogP contribution in [-0.4, -0.2) is 6.21 Å². The fourth-order valence-electron chi connectivity index (χ4n) is 1.07. The zero-order valence-electron chi connectivity index (χ0n) is 6.77. The maximum atomic E-state index is 8.65. The number of benzene rings is 1. The molecular formula is C10H6N2O. The number of ether oxygens (including phenoxy) is 1. The summed E-state index contributed by atoms with van der Waals surface area (Å²) in [5.41, 5.74) is 1.46. The topological polar surface area (TPSA) is 45.4 Å². The van der Waals surface area contributed by atoms with Gasteiger partial charge in [-0.15, -0.1) is 0 Å². The van der Waals surface area contributed by atoms with Crippen molar-refractivity contribution in [3.63, 3.8) is 0 Å². The van der Waals surface area contributed by atoms with Crippen LogP contribution in [0, 0.1) is 11.3 Å². The summed E-state index contributed by atoms with van der Waals surface area (Å²) in [6.07, 6.45) is 4.75. The van der Waals surface area contributed by atoms with E-state index in [0.717, 1.165) is 5.56 Å². The minimum absolute atomic E-state index is 0.586. The first-order valence-electron chi connectivity index (χ1n) is 3.79. The predicted molar refractivity (Wildman–Crippen MR) is 48.5 cm³/mol. The summed E-state index contributed by atoms with van der Waals surface area (Å²) in [5.74, 6) is 0.663. The summed E-state index contributed by atoms with van der Waals surface area (Å²) in [7, 11) is 0. The number of hydrogen-bond donors (Lipinski definition) is 0. The van der Waals surface area contributed by atoms with Crippen LogP contribution in [0.4, 0.5) is 0 Å². The zero-order chi connectivity index (χ0) is 9.10. The van der Waals surface area contributed by atoms with Gasteiger partial charge in [0.2, 0.25) is 0 Å². The number of aliphatic imine (C=N–C) groups is 1. The molecule has 3 nitrogen and oxygen atoms in total. The second-order valence-electron chi connectivity index (χ2n) is 2.55. The number of hydrogen-bond acceptors (Lipinski definition) is 3. The lowest BCUT2D eigenvalue weighted by molar-refractivity contribution is 0.480. The third-order valence-corrected chi connectivity index (χ3v) is 1.70. The maximum absolute atomic E-state index is 8.65. The Morgan fingerprint density at radius 1 is 1.38 bits per heavy atom. The molecule has 3 heteroatoms. The molecule has 62 valence electrons. The van der Waals surface area contributed by atoms with Crippen molar-refractivity contribution in [2.45, 2.75) is 0 Å². The average molecular weight is 170 g/mol. The Labute approximate surface area is 75.6 Å². The van der Waals surface area contributed by atoms with E-state index in [0.29, 0.717) is 11.3 Å². The molecule has 2 rings (SSSR count). The smallest absolute Gasteiger partial charge is 0.136 e. The molecule has 1 heterocycles. The largest absolute Gasteiger partial charge is 0.463 e. The van der Waals surface area contributed by atoms with Crippen LogP contribution < -0.4 is 4.74 Å². The van der Waals surface area contributed by atoms with Gasteiger partial charge in [0.25, 0.3) is 0 Å². The van der Waals surface area contributed by atoms with Crippen LogP contribution in [0.25, 0.3) is 0 Å². The van der Waals surface area contributed by atoms with Crippen LogP contribution in [0.2, 0.25) is 0 Å². The molecule has 1 aliphatic rings. The van der Waals surface area contributed by atoms with E-state index in [1.807, 2.05) is 12.1 Å². The Balaban J connectivity index is 2.53. The SMILES string of the molecule is N#Cc1ccc2c(c1)OC=CN=C2. The molecule has 1 aromatic rings. The lowest BCUT2D eigenvalue weighted by Gasteiger charge is -2.01. The van der Waals surface area contributed by atoms with Gasteiger partial charge in [-0.25, -0.2) is 0 Å². The molecule has 0 saturated carbocycles. The van der Waals surface area contributed by atoms with Gasteiger partial charge in [0.05, 0.1) is 17.8 Å². The first kappa shape index (κ1) is 7.56. The van der Waals surface area contributed by atoms with E-state index < -0.39 is 0 Å². The summed E-state index contributed by atoms with van der Waals surface area (Å²) in [6, 6.07) is 7.29. The molecule has 0 unspecified atom stereocenters. The van der Waals surface area contributed by atoms with Crippen molar-refractivity contribution in [2.24, 2.45) is 4.99 Å². The number of nitriles is 1. The first-order valence-corrected chi connectivity index (χ1v) is 3.79. The number of rotatable bonds is 0. The Morgan fingerprint density at radius 2 is 2.31 bits per heavy atom. The Bertz CT molecular complexity index is 427. The molecular weight excluding hydrogens is 164 g/mol.